The lowest BCUT2D eigenvalue weighted by atomic mass is 10.2. The maximum absolute atomic E-state index is 13.0. The first-order valence-corrected chi connectivity index (χ1v) is 10.7. The largest absolute Gasteiger partial charge is 0.334 e. The summed E-state index contributed by atoms with van der Waals surface area (Å²) in [6, 6.07) is 12.2. The van der Waals surface area contributed by atoms with Crippen LogP contribution in [0, 0.1) is 5.82 Å². The molecule has 150 valence electrons. The number of halogens is 1. The Morgan fingerprint density at radius 1 is 0.929 bits per heavy atom. The van der Waals surface area contributed by atoms with Gasteiger partial charge in [-0.1, -0.05) is 36.8 Å². The van der Waals surface area contributed by atoms with Gasteiger partial charge in [0.1, 0.15) is 5.82 Å². The van der Waals surface area contributed by atoms with Gasteiger partial charge in [-0.05, 0) is 42.2 Å². The molecule has 1 aliphatic heterocycles. The highest BCUT2D eigenvalue weighted by molar-refractivity contribution is 7.89. The molecule has 3 rings (SSSR count). The fourth-order valence-electron chi connectivity index (χ4n) is 3.17. The number of carbonyl (C=O) groups is 1. The predicted molar refractivity (Wildman–Crippen MR) is 105 cm³/mol. The van der Waals surface area contributed by atoms with Crippen LogP contribution in [-0.2, 0) is 23.1 Å². The highest BCUT2D eigenvalue weighted by Crippen LogP contribution is 2.23. The number of benzene rings is 2. The van der Waals surface area contributed by atoms with Crippen LogP contribution in [0.15, 0.2) is 53.4 Å². The van der Waals surface area contributed by atoms with Crippen molar-refractivity contribution in [2.24, 2.45) is 0 Å². The first kappa shape index (κ1) is 20.3. The van der Waals surface area contributed by atoms with E-state index in [4.69, 9.17) is 0 Å². The smallest absolute Gasteiger partial charge is 0.315 e. The van der Waals surface area contributed by atoms with Crippen LogP contribution in [0.2, 0.25) is 0 Å². The van der Waals surface area contributed by atoms with Crippen LogP contribution in [0.25, 0.3) is 0 Å². The van der Waals surface area contributed by atoms with Crippen LogP contribution >= 0.6 is 0 Å². The Kier molecular flexibility index (Phi) is 6.64. The number of nitrogens with zero attached hydrogens (tertiary/aromatic N) is 1. The molecular weight excluding hydrogens is 381 g/mol. The maximum Gasteiger partial charge on any atom is 0.315 e. The molecule has 0 aromatic heterocycles. The first-order chi connectivity index (χ1) is 13.5. The molecule has 0 bridgehead atoms. The van der Waals surface area contributed by atoms with Crippen molar-refractivity contribution in [3.8, 4) is 0 Å². The zero-order chi connectivity index (χ0) is 20.0. The molecule has 2 N–H and O–H groups in total. The summed E-state index contributed by atoms with van der Waals surface area (Å²) in [5.41, 5.74) is 1.31. The Bertz CT molecular complexity index is 911. The van der Waals surface area contributed by atoms with Crippen LogP contribution in [0.4, 0.5) is 9.18 Å². The lowest BCUT2D eigenvalue weighted by Gasteiger charge is -2.26. The molecule has 0 saturated carbocycles. The van der Waals surface area contributed by atoms with Gasteiger partial charge in [0.15, 0.2) is 0 Å². The third-order valence-corrected chi connectivity index (χ3v) is 6.71. The van der Waals surface area contributed by atoms with E-state index < -0.39 is 16.1 Å². The second kappa shape index (κ2) is 9.16. The Balaban J connectivity index is 1.61. The van der Waals surface area contributed by atoms with Crippen molar-refractivity contribution in [2.75, 3.05) is 13.1 Å². The maximum atomic E-state index is 13.0. The van der Waals surface area contributed by atoms with Gasteiger partial charge in [-0.25, -0.2) is 17.6 Å². The van der Waals surface area contributed by atoms with Gasteiger partial charge in [-0.15, -0.1) is 0 Å². The lowest BCUT2D eigenvalue weighted by molar-refractivity contribution is 0.240. The molecule has 0 atom stereocenters. The zero-order valence-electron chi connectivity index (χ0n) is 15.5. The summed E-state index contributed by atoms with van der Waals surface area (Å²) < 4.78 is 40.3. The van der Waals surface area contributed by atoms with E-state index in [9.17, 15) is 17.6 Å². The van der Waals surface area contributed by atoms with E-state index in [0.717, 1.165) is 24.8 Å². The highest BCUT2D eigenvalue weighted by Gasteiger charge is 2.27. The summed E-state index contributed by atoms with van der Waals surface area (Å²) in [6.07, 6.45) is 2.78. The molecule has 0 radical (unpaired) electrons. The summed E-state index contributed by atoms with van der Waals surface area (Å²) in [5, 5.41) is 5.37. The van der Waals surface area contributed by atoms with Crippen LogP contribution in [-0.4, -0.2) is 31.8 Å². The van der Waals surface area contributed by atoms with Crippen LogP contribution in [0.5, 0.6) is 0 Å². The van der Waals surface area contributed by atoms with Crippen molar-refractivity contribution < 1.29 is 17.6 Å². The second-order valence-electron chi connectivity index (χ2n) is 6.74. The molecule has 0 unspecified atom stereocenters. The summed E-state index contributed by atoms with van der Waals surface area (Å²) in [7, 11) is -3.57. The van der Waals surface area contributed by atoms with Crippen molar-refractivity contribution in [1.82, 2.24) is 14.9 Å². The fraction of sp³-hybridized carbons (Fsp3) is 0.350. The summed E-state index contributed by atoms with van der Waals surface area (Å²) >= 11 is 0. The van der Waals surface area contributed by atoms with Crippen LogP contribution in [0.1, 0.15) is 30.4 Å². The topological polar surface area (TPSA) is 78.5 Å². The van der Waals surface area contributed by atoms with Crippen molar-refractivity contribution in [1.29, 1.82) is 0 Å². The SMILES string of the molecule is O=C(NCc1ccc(F)cc1)NCc1ccccc1S(=O)(=O)N1CCCCC1. The van der Waals surface area contributed by atoms with Gasteiger partial charge in [0.25, 0.3) is 0 Å². The number of sulfonamides is 1. The molecular formula is C20H24FN3O3S. The van der Waals surface area contributed by atoms with Crippen molar-refractivity contribution in [3.63, 3.8) is 0 Å². The van der Waals surface area contributed by atoms with Gasteiger partial charge >= 0.3 is 6.03 Å². The van der Waals surface area contributed by atoms with Gasteiger partial charge in [-0.2, -0.15) is 4.31 Å². The Morgan fingerprint density at radius 3 is 2.29 bits per heavy atom. The van der Waals surface area contributed by atoms with Crippen molar-refractivity contribution in [3.05, 3.63) is 65.5 Å². The number of urea groups is 1. The molecule has 1 heterocycles. The standard InChI is InChI=1S/C20H24FN3O3S/c21-18-10-8-16(9-11-18)14-22-20(25)23-15-17-6-2-3-7-19(17)28(26,27)24-12-4-1-5-13-24/h2-3,6-11H,1,4-5,12-15H2,(H2,22,23,25). The average Bonchev–Trinajstić information content (AvgIpc) is 2.72. The van der Waals surface area contributed by atoms with Gasteiger partial charge < -0.3 is 10.6 Å². The van der Waals surface area contributed by atoms with E-state index >= 15 is 0 Å². The summed E-state index contributed by atoms with van der Waals surface area (Å²) in [5.74, 6) is -0.334. The molecule has 0 spiro atoms. The number of hydrogen-bond donors (Lipinski definition) is 2. The molecule has 8 heteroatoms. The van der Waals surface area contributed by atoms with Crippen LogP contribution < -0.4 is 10.6 Å². The molecule has 6 nitrogen and oxygen atoms in total. The highest BCUT2D eigenvalue weighted by atomic mass is 32.2. The Morgan fingerprint density at radius 2 is 1.57 bits per heavy atom. The number of hydrogen-bond acceptors (Lipinski definition) is 3. The van der Waals surface area contributed by atoms with E-state index in [2.05, 4.69) is 10.6 Å². The number of rotatable bonds is 6. The quantitative estimate of drug-likeness (QED) is 0.776. The fourth-order valence-corrected chi connectivity index (χ4v) is 4.91. The normalized spacial score (nSPS) is 15.2. The number of nitrogens with one attached hydrogen (secondary N) is 2. The molecule has 1 fully saturated rings. The van der Waals surface area contributed by atoms with Crippen LogP contribution in [0.3, 0.4) is 0 Å². The third-order valence-electron chi connectivity index (χ3n) is 4.71. The van der Waals surface area contributed by atoms with Gasteiger partial charge in [0.05, 0.1) is 4.90 Å². The van der Waals surface area contributed by atoms with Gasteiger partial charge in [-0.3, -0.25) is 0 Å². The molecule has 28 heavy (non-hydrogen) atoms. The molecule has 1 aliphatic rings. The molecule has 2 amide bonds. The van der Waals surface area contributed by atoms with E-state index in [1.165, 1.54) is 16.4 Å². The number of carbonyl (C=O) groups excluding carboxylic acids is 1. The Hall–Kier alpha value is -2.45. The Labute approximate surface area is 164 Å². The van der Waals surface area contributed by atoms with E-state index in [1.54, 1.807) is 36.4 Å². The van der Waals surface area contributed by atoms with Crippen molar-refractivity contribution in [2.45, 2.75) is 37.2 Å². The van der Waals surface area contributed by atoms with E-state index in [1.807, 2.05) is 0 Å². The molecule has 0 aliphatic carbocycles. The van der Waals surface area contributed by atoms with Crippen molar-refractivity contribution >= 4 is 16.1 Å². The lowest BCUT2D eigenvalue weighted by Crippen LogP contribution is -2.37. The van der Waals surface area contributed by atoms with E-state index in [0.29, 0.717) is 18.7 Å². The molecule has 1 saturated heterocycles. The summed E-state index contributed by atoms with van der Waals surface area (Å²) in [4.78, 5) is 12.3. The first-order valence-electron chi connectivity index (χ1n) is 9.31. The number of piperidine rings is 1. The average molecular weight is 405 g/mol. The minimum Gasteiger partial charge on any atom is -0.334 e. The third kappa shape index (κ3) is 5.08. The molecule has 2 aromatic rings. The van der Waals surface area contributed by atoms with Gasteiger partial charge in [0, 0.05) is 26.2 Å². The predicted octanol–water partition coefficient (Wildman–Crippen LogP) is 3.00. The minimum atomic E-state index is -3.57. The summed E-state index contributed by atoms with van der Waals surface area (Å²) in [6.45, 7) is 1.41. The second-order valence-corrected chi connectivity index (χ2v) is 8.64. The monoisotopic (exact) mass is 405 g/mol. The minimum absolute atomic E-state index is 0.0957. The molecule has 2 aromatic carbocycles. The van der Waals surface area contributed by atoms with Gasteiger partial charge in [0.2, 0.25) is 10.0 Å². The number of amides is 2. The van der Waals surface area contributed by atoms with E-state index in [-0.39, 0.29) is 23.8 Å². The zero-order valence-corrected chi connectivity index (χ0v) is 16.3.